The number of thiazole rings is 1. The van der Waals surface area contributed by atoms with Crippen molar-refractivity contribution in [2.45, 2.75) is 25.9 Å². The molecular formula is C12H13BrN2OS. The van der Waals surface area contributed by atoms with E-state index in [2.05, 4.69) is 25.9 Å². The Kier molecular flexibility index (Phi) is 4.25. The molecule has 1 unspecified atom stereocenters. The quantitative estimate of drug-likeness (QED) is 0.944. The SMILES string of the molecule is Cc1nc(CC(O)Cc2cncc(Br)c2)cs1. The van der Waals surface area contributed by atoms with Crippen LogP contribution in [0.5, 0.6) is 0 Å². The van der Waals surface area contributed by atoms with Gasteiger partial charge in [-0.1, -0.05) is 0 Å². The first-order valence-electron chi connectivity index (χ1n) is 5.32. The molecule has 5 heteroatoms. The minimum atomic E-state index is -0.410. The molecule has 0 aliphatic heterocycles. The molecule has 2 aromatic rings. The monoisotopic (exact) mass is 312 g/mol. The Morgan fingerprint density at radius 3 is 2.88 bits per heavy atom. The van der Waals surface area contributed by atoms with Crippen LogP contribution in [0.25, 0.3) is 0 Å². The Hall–Kier alpha value is -0.780. The van der Waals surface area contributed by atoms with E-state index in [1.807, 2.05) is 18.4 Å². The average molecular weight is 313 g/mol. The molecule has 0 aromatic carbocycles. The number of aliphatic hydroxyl groups excluding tert-OH is 1. The fourth-order valence-corrected chi connectivity index (χ4v) is 2.69. The van der Waals surface area contributed by atoms with E-state index in [9.17, 15) is 5.11 Å². The second-order valence-corrected chi connectivity index (χ2v) is 5.91. The van der Waals surface area contributed by atoms with Crippen LogP contribution in [0.3, 0.4) is 0 Å². The van der Waals surface area contributed by atoms with Crippen molar-refractivity contribution in [3.8, 4) is 0 Å². The second kappa shape index (κ2) is 5.71. The smallest absolute Gasteiger partial charge is 0.0897 e. The molecule has 0 aliphatic carbocycles. The standard InChI is InChI=1S/C12H13BrN2OS/c1-8-15-11(7-17-8)4-12(16)3-9-2-10(13)6-14-5-9/h2,5-7,12,16H,3-4H2,1H3. The Morgan fingerprint density at radius 1 is 1.41 bits per heavy atom. The lowest BCUT2D eigenvalue weighted by Crippen LogP contribution is -2.14. The van der Waals surface area contributed by atoms with Gasteiger partial charge in [-0.15, -0.1) is 11.3 Å². The summed E-state index contributed by atoms with van der Waals surface area (Å²) in [5, 5.41) is 13.0. The van der Waals surface area contributed by atoms with Crippen LogP contribution in [0.4, 0.5) is 0 Å². The number of aryl methyl sites for hydroxylation is 1. The van der Waals surface area contributed by atoms with Crippen molar-refractivity contribution in [2.75, 3.05) is 0 Å². The van der Waals surface area contributed by atoms with E-state index in [-0.39, 0.29) is 0 Å². The van der Waals surface area contributed by atoms with E-state index in [0.29, 0.717) is 12.8 Å². The summed E-state index contributed by atoms with van der Waals surface area (Å²) in [6, 6.07) is 1.97. The fourth-order valence-electron chi connectivity index (χ4n) is 1.66. The number of hydrogen-bond acceptors (Lipinski definition) is 4. The first kappa shape index (κ1) is 12.7. The lowest BCUT2D eigenvalue weighted by molar-refractivity contribution is 0.174. The van der Waals surface area contributed by atoms with E-state index < -0.39 is 6.10 Å². The molecular weight excluding hydrogens is 300 g/mol. The van der Waals surface area contributed by atoms with Crippen molar-refractivity contribution in [1.82, 2.24) is 9.97 Å². The van der Waals surface area contributed by atoms with Crippen LogP contribution in [-0.4, -0.2) is 21.2 Å². The lowest BCUT2D eigenvalue weighted by atomic mass is 10.1. The van der Waals surface area contributed by atoms with E-state index in [1.165, 1.54) is 0 Å². The van der Waals surface area contributed by atoms with Crippen molar-refractivity contribution >= 4 is 27.3 Å². The van der Waals surface area contributed by atoms with Crippen molar-refractivity contribution < 1.29 is 5.11 Å². The molecule has 3 nitrogen and oxygen atoms in total. The molecule has 0 aliphatic rings. The third kappa shape index (κ3) is 3.87. The first-order valence-corrected chi connectivity index (χ1v) is 6.99. The fraction of sp³-hybridized carbons (Fsp3) is 0.333. The van der Waals surface area contributed by atoms with Crippen molar-refractivity contribution in [3.63, 3.8) is 0 Å². The van der Waals surface area contributed by atoms with E-state index >= 15 is 0 Å². The summed E-state index contributed by atoms with van der Waals surface area (Å²) in [4.78, 5) is 8.42. The molecule has 2 rings (SSSR count). The third-order valence-corrected chi connectivity index (χ3v) is 3.60. The highest BCUT2D eigenvalue weighted by Gasteiger charge is 2.09. The number of hydrogen-bond donors (Lipinski definition) is 1. The summed E-state index contributed by atoms with van der Waals surface area (Å²) >= 11 is 4.98. The third-order valence-electron chi connectivity index (χ3n) is 2.34. The van der Waals surface area contributed by atoms with Gasteiger partial charge in [-0.25, -0.2) is 4.98 Å². The number of aromatic nitrogens is 2. The number of halogens is 1. The summed E-state index contributed by atoms with van der Waals surface area (Å²) in [7, 11) is 0. The number of nitrogens with zero attached hydrogens (tertiary/aromatic N) is 2. The Bertz CT molecular complexity index is 501. The molecule has 0 fully saturated rings. The summed E-state index contributed by atoms with van der Waals surface area (Å²) in [5.74, 6) is 0. The molecule has 0 amide bonds. The normalized spacial score (nSPS) is 12.6. The zero-order valence-corrected chi connectivity index (χ0v) is 11.8. The molecule has 0 bridgehead atoms. The number of rotatable bonds is 4. The molecule has 1 N–H and O–H groups in total. The van der Waals surface area contributed by atoms with E-state index in [1.54, 1.807) is 23.7 Å². The highest BCUT2D eigenvalue weighted by atomic mass is 79.9. The molecule has 90 valence electrons. The highest BCUT2D eigenvalue weighted by Crippen LogP contribution is 2.14. The van der Waals surface area contributed by atoms with Gasteiger partial charge < -0.3 is 5.11 Å². The summed E-state index contributed by atoms with van der Waals surface area (Å²) < 4.78 is 0.937. The van der Waals surface area contributed by atoms with Crippen LogP contribution in [0, 0.1) is 6.92 Å². The van der Waals surface area contributed by atoms with Gasteiger partial charge in [-0.05, 0) is 34.5 Å². The van der Waals surface area contributed by atoms with Crippen LogP contribution >= 0.6 is 27.3 Å². The predicted octanol–water partition coefficient (Wildman–Crippen LogP) is 2.76. The minimum absolute atomic E-state index is 0.410. The maximum absolute atomic E-state index is 9.98. The first-order chi connectivity index (χ1) is 8.13. The van der Waals surface area contributed by atoms with Crippen LogP contribution in [0.15, 0.2) is 28.3 Å². The topological polar surface area (TPSA) is 46.0 Å². The van der Waals surface area contributed by atoms with Gasteiger partial charge in [-0.2, -0.15) is 0 Å². The molecule has 0 saturated carbocycles. The van der Waals surface area contributed by atoms with Crippen molar-refractivity contribution in [3.05, 3.63) is 44.6 Å². The van der Waals surface area contributed by atoms with E-state index in [4.69, 9.17) is 0 Å². The van der Waals surface area contributed by atoms with Crippen LogP contribution in [0.2, 0.25) is 0 Å². The Morgan fingerprint density at radius 2 is 2.24 bits per heavy atom. The van der Waals surface area contributed by atoms with Crippen LogP contribution < -0.4 is 0 Å². The zero-order valence-electron chi connectivity index (χ0n) is 9.43. The van der Waals surface area contributed by atoms with E-state index in [0.717, 1.165) is 20.7 Å². The lowest BCUT2D eigenvalue weighted by Gasteiger charge is -2.08. The molecule has 0 saturated heterocycles. The maximum atomic E-state index is 9.98. The molecule has 1 atom stereocenters. The second-order valence-electron chi connectivity index (χ2n) is 3.93. The number of pyridine rings is 1. The van der Waals surface area contributed by atoms with Gasteiger partial charge in [0.2, 0.25) is 0 Å². The molecule has 2 aromatic heterocycles. The summed E-state index contributed by atoms with van der Waals surface area (Å²) in [6.45, 7) is 1.97. The van der Waals surface area contributed by atoms with Crippen LogP contribution in [0.1, 0.15) is 16.3 Å². The van der Waals surface area contributed by atoms with Crippen molar-refractivity contribution in [2.24, 2.45) is 0 Å². The summed E-state index contributed by atoms with van der Waals surface area (Å²) in [6.07, 6.45) is 4.30. The summed E-state index contributed by atoms with van der Waals surface area (Å²) in [5.41, 5.74) is 1.99. The maximum Gasteiger partial charge on any atom is 0.0897 e. The zero-order chi connectivity index (χ0) is 12.3. The highest BCUT2D eigenvalue weighted by molar-refractivity contribution is 9.10. The van der Waals surface area contributed by atoms with Gasteiger partial charge in [0.1, 0.15) is 0 Å². The molecule has 0 spiro atoms. The number of aliphatic hydroxyl groups is 1. The molecule has 2 heterocycles. The minimum Gasteiger partial charge on any atom is -0.392 e. The van der Waals surface area contributed by atoms with Crippen molar-refractivity contribution in [1.29, 1.82) is 0 Å². The van der Waals surface area contributed by atoms with Gasteiger partial charge in [0, 0.05) is 35.1 Å². The predicted molar refractivity (Wildman–Crippen MR) is 72.2 cm³/mol. The molecule has 0 radical (unpaired) electrons. The van der Waals surface area contributed by atoms with Gasteiger partial charge >= 0.3 is 0 Å². The largest absolute Gasteiger partial charge is 0.392 e. The van der Waals surface area contributed by atoms with Gasteiger partial charge in [0.05, 0.1) is 16.8 Å². The van der Waals surface area contributed by atoms with Gasteiger partial charge in [0.15, 0.2) is 0 Å². The molecule has 17 heavy (non-hydrogen) atoms. The Balaban J connectivity index is 1.95. The van der Waals surface area contributed by atoms with Gasteiger partial charge in [-0.3, -0.25) is 4.98 Å². The van der Waals surface area contributed by atoms with Crippen LogP contribution in [-0.2, 0) is 12.8 Å². The Labute approximate surface area is 113 Å². The average Bonchev–Trinajstić information content (AvgIpc) is 2.63. The van der Waals surface area contributed by atoms with Gasteiger partial charge in [0.25, 0.3) is 0 Å².